The maximum Gasteiger partial charge on any atom is 0.209 e. The molecule has 0 amide bonds. The van der Waals surface area contributed by atoms with Crippen LogP contribution in [0.3, 0.4) is 0 Å². The van der Waals surface area contributed by atoms with Gasteiger partial charge < -0.3 is 10.8 Å². The summed E-state index contributed by atoms with van der Waals surface area (Å²) in [5, 5.41) is 13.3. The van der Waals surface area contributed by atoms with Gasteiger partial charge in [-0.05, 0) is 23.6 Å². The van der Waals surface area contributed by atoms with Gasteiger partial charge in [0.05, 0.1) is 6.21 Å². The maximum absolute atomic E-state index is 13.5. The molecular formula is C12H17FN4O. The number of hydrogen-bond acceptors (Lipinski definition) is 3. The molecule has 0 bridgehead atoms. The molecule has 0 aliphatic rings. The maximum atomic E-state index is 13.5. The second-order valence-electron chi connectivity index (χ2n) is 4.07. The first kappa shape index (κ1) is 14.0. The van der Waals surface area contributed by atoms with Crippen LogP contribution in [0, 0.1) is 5.82 Å². The summed E-state index contributed by atoms with van der Waals surface area (Å²) in [5.74, 6) is -0.814. The van der Waals surface area contributed by atoms with E-state index in [4.69, 9.17) is 5.73 Å². The number of halogens is 1. The number of phenols is 1. The Bertz CT molecular complexity index is 483. The minimum atomic E-state index is -0.667. The lowest BCUT2D eigenvalue weighted by Gasteiger charge is -2.08. The summed E-state index contributed by atoms with van der Waals surface area (Å²) in [4.78, 5) is 3.64. The Morgan fingerprint density at radius 2 is 2.17 bits per heavy atom. The largest absolute Gasteiger partial charge is 0.504 e. The quantitative estimate of drug-likeness (QED) is 0.433. The van der Waals surface area contributed by atoms with Crippen molar-refractivity contribution in [3.63, 3.8) is 0 Å². The first-order chi connectivity index (χ1) is 8.45. The molecule has 0 aliphatic carbocycles. The van der Waals surface area contributed by atoms with Gasteiger partial charge in [0.2, 0.25) is 5.96 Å². The number of nitrogens with zero attached hydrogens (tertiary/aromatic N) is 2. The Labute approximate surface area is 105 Å². The summed E-state index contributed by atoms with van der Waals surface area (Å²) >= 11 is 0. The number of aliphatic imine (C=N–C) groups is 1. The topological polar surface area (TPSA) is 83.0 Å². The number of nitrogens with one attached hydrogen (secondary N) is 1. The van der Waals surface area contributed by atoms with E-state index < -0.39 is 11.6 Å². The summed E-state index contributed by atoms with van der Waals surface area (Å²) in [6, 6.07) is 2.99. The van der Waals surface area contributed by atoms with Gasteiger partial charge in [0.25, 0.3) is 0 Å². The van der Waals surface area contributed by atoms with Gasteiger partial charge in [0.15, 0.2) is 11.6 Å². The second-order valence-corrected chi connectivity index (χ2v) is 4.07. The van der Waals surface area contributed by atoms with Crippen LogP contribution in [0.5, 0.6) is 5.75 Å². The summed E-state index contributed by atoms with van der Waals surface area (Å²) in [6.45, 7) is 3.87. The molecule has 0 saturated carbocycles. The van der Waals surface area contributed by atoms with Crippen LogP contribution in [0.2, 0.25) is 0 Å². The predicted molar refractivity (Wildman–Crippen MR) is 70.4 cm³/mol. The normalized spacial score (nSPS) is 12.4. The van der Waals surface area contributed by atoms with Gasteiger partial charge in [-0.15, -0.1) is 0 Å². The summed E-state index contributed by atoms with van der Waals surface area (Å²) < 4.78 is 13.5. The average Bonchev–Trinajstić information content (AvgIpc) is 2.33. The molecule has 0 saturated heterocycles. The van der Waals surface area contributed by atoms with Crippen LogP contribution >= 0.6 is 0 Å². The average molecular weight is 252 g/mol. The van der Waals surface area contributed by atoms with Gasteiger partial charge >= 0.3 is 0 Å². The molecule has 0 fully saturated rings. The molecule has 0 aromatic heterocycles. The molecule has 98 valence electrons. The van der Waals surface area contributed by atoms with Crippen LogP contribution in [0.1, 0.15) is 30.9 Å². The van der Waals surface area contributed by atoms with Gasteiger partial charge in [0.1, 0.15) is 0 Å². The smallest absolute Gasteiger partial charge is 0.209 e. The third kappa shape index (κ3) is 3.44. The number of aromatic hydroxyl groups is 1. The zero-order valence-corrected chi connectivity index (χ0v) is 10.6. The molecule has 0 atom stereocenters. The van der Waals surface area contributed by atoms with Gasteiger partial charge in [-0.1, -0.05) is 13.8 Å². The van der Waals surface area contributed by atoms with Crippen LogP contribution in [-0.2, 0) is 0 Å². The van der Waals surface area contributed by atoms with Crippen LogP contribution in [-0.4, -0.2) is 24.3 Å². The molecule has 0 radical (unpaired) electrons. The van der Waals surface area contributed by atoms with Crippen LogP contribution in [0.4, 0.5) is 4.39 Å². The van der Waals surface area contributed by atoms with Crippen molar-refractivity contribution in [2.75, 3.05) is 7.05 Å². The van der Waals surface area contributed by atoms with E-state index in [2.05, 4.69) is 15.5 Å². The highest BCUT2D eigenvalue weighted by Crippen LogP contribution is 2.25. The lowest BCUT2D eigenvalue weighted by molar-refractivity contribution is 0.430. The molecule has 1 rings (SSSR count). The number of hydrogen-bond donors (Lipinski definition) is 3. The van der Waals surface area contributed by atoms with Crippen molar-refractivity contribution in [2.45, 2.75) is 19.8 Å². The molecule has 6 heteroatoms. The Kier molecular flexibility index (Phi) is 4.65. The molecule has 18 heavy (non-hydrogen) atoms. The Morgan fingerprint density at radius 3 is 2.72 bits per heavy atom. The summed E-state index contributed by atoms with van der Waals surface area (Å²) in [5.41, 5.74) is 8.88. The molecule has 1 aromatic rings. The van der Waals surface area contributed by atoms with Crippen molar-refractivity contribution in [1.29, 1.82) is 0 Å². The summed E-state index contributed by atoms with van der Waals surface area (Å²) in [7, 11) is 1.51. The van der Waals surface area contributed by atoms with Crippen LogP contribution < -0.4 is 11.2 Å². The zero-order valence-electron chi connectivity index (χ0n) is 10.6. The molecular weight excluding hydrogens is 235 g/mol. The van der Waals surface area contributed by atoms with Gasteiger partial charge in [-0.2, -0.15) is 5.10 Å². The van der Waals surface area contributed by atoms with Gasteiger partial charge in [-0.25, -0.2) is 9.82 Å². The summed E-state index contributed by atoms with van der Waals surface area (Å²) in [6.07, 6.45) is 1.29. The molecule has 0 unspecified atom stereocenters. The van der Waals surface area contributed by atoms with E-state index in [1.165, 1.54) is 19.3 Å². The molecule has 4 N–H and O–H groups in total. The zero-order chi connectivity index (χ0) is 13.7. The molecule has 0 heterocycles. The third-order valence-corrected chi connectivity index (χ3v) is 2.41. The van der Waals surface area contributed by atoms with Crippen molar-refractivity contribution in [3.8, 4) is 5.75 Å². The van der Waals surface area contributed by atoms with E-state index in [-0.39, 0.29) is 17.4 Å². The van der Waals surface area contributed by atoms with Gasteiger partial charge in [-0.3, -0.25) is 4.99 Å². The molecule has 0 spiro atoms. The first-order valence-corrected chi connectivity index (χ1v) is 5.49. The van der Waals surface area contributed by atoms with Crippen molar-refractivity contribution < 1.29 is 9.50 Å². The van der Waals surface area contributed by atoms with Crippen molar-refractivity contribution in [2.24, 2.45) is 15.8 Å². The first-order valence-electron chi connectivity index (χ1n) is 5.49. The fraction of sp³-hybridized carbons (Fsp3) is 0.333. The minimum Gasteiger partial charge on any atom is -0.504 e. The Balaban J connectivity index is 3.01. The van der Waals surface area contributed by atoms with E-state index in [1.54, 1.807) is 6.07 Å². The fourth-order valence-corrected chi connectivity index (χ4v) is 1.29. The predicted octanol–water partition coefficient (Wildman–Crippen LogP) is 1.52. The van der Waals surface area contributed by atoms with E-state index >= 15 is 0 Å². The number of rotatable bonds is 3. The van der Waals surface area contributed by atoms with Crippen LogP contribution in [0.25, 0.3) is 0 Å². The second kappa shape index (κ2) is 6.00. The number of nitrogens with two attached hydrogens (primary N) is 1. The number of benzene rings is 1. The van der Waals surface area contributed by atoms with Crippen molar-refractivity contribution in [3.05, 3.63) is 29.1 Å². The standard InChI is InChI=1S/C12H17FN4O/c1-7(2)8-4-9(11(18)10(13)5-8)6-16-17-12(14)15-3/h4-7,18H,1-3H3,(H3,14,15,17)/b16-6+. The monoisotopic (exact) mass is 252 g/mol. The van der Waals surface area contributed by atoms with Crippen LogP contribution in [0.15, 0.2) is 22.2 Å². The highest BCUT2D eigenvalue weighted by molar-refractivity contribution is 5.85. The molecule has 5 nitrogen and oxygen atoms in total. The minimum absolute atomic E-state index is 0.131. The van der Waals surface area contributed by atoms with E-state index in [9.17, 15) is 9.50 Å². The number of hydrazone groups is 1. The number of phenolic OH excluding ortho intramolecular Hbond substituents is 1. The SMILES string of the molecule is CN=C(N)N/N=C/c1cc(C(C)C)cc(F)c1O. The third-order valence-electron chi connectivity index (χ3n) is 2.41. The number of guanidine groups is 1. The van der Waals surface area contributed by atoms with E-state index in [0.29, 0.717) is 0 Å². The lowest BCUT2D eigenvalue weighted by atomic mass is 10.0. The van der Waals surface area contributed by atoms with Gasteiger partial charge in [0, 0.05) is 12.6 Å². The van der Waals surface area contributed by atoms with E-state index in [0.717, 1.165) is 5.56 Å². The fourth-order valence-electron chi connectivity index (χ4n) is 1.29. The molecule has 1 aromatic carbocycles. The Hall–Kier alpha value is -2.11. The Morgan fingerprint density at radius 1 is 1.50 bits per heavy atom. The molecule has 0 aliphatic heterocycles. The highest BCUT2D eigenvalue weighted by atomic mass is 19.1. The van der Waals surface area contributed by atoms with Crippen molar-refractivity contribution in [1.82, 2.24) is 5.43 Å². The van der Waals surface area contributed by atoms with E-state index in [1.807, 2.05) is 13.8 Å². The lowest BCUT2D eigenvalue weighted by Crippen LogP contribution is -2.26. The highest BCUT2D eigenvalue weighted by Gasteiger charge is 2.10. The van der Waals surface area contributed by atoms with Crippen molar-refractivity contribution >= 4 is 12.2 Å².